The van der Waals surface area contributed by atoms with Gasteiger partial charge in [-0.2, -0.15) is 0 Å². The van der Waals surface area contributed by atoms with Crippen LogP contribution in [0.4, 0.5) is 4.79 Å². The molecule has 0 heterocycles. The number of urea groups is 1. The summed E-state index contributed by atoms with van der Waals surface area (Å²) in [6.45, 7) is 6.67. The summed E-state index contributed by atoms with van der Waals surface area (Å²) in [6.07, 6.45) is 0.556. The van der Waals surface area contributed by atoms with Gasteiger partial charge in [0.15, 0.2) is 6.23 Å². The first-order valence-electron chi connectivity index (χ1n) is 6.44. The molecule has 4 nitrogen and oxygen atoms in total. The third kappa shape index (κ3) is 6.91. The van der Waals surface area contributed by atoms with E-state index < -0.39 is 6.23 Å². The monoisotopic (exact) mass is 284 g/mol. The Morgan fingerprint density at radius 1 is 1.26 bits per heavy atom. The molecule has 0 spiro atoms. The van der Waals surface area contributed by atoms with E-state index in [0.29, 0.717) is 23.2 Å². The summed E-state index contributed by atoms with van der Waals surface area (Å²) in [5.74, 6) is 1.24. The smallest absolute Gasteiger partial charge is 0.317 e. The quantitative estimate of drug-likeness (QED) is 0.787. The van der Waals surface area contributed by atoms with Gasteiger partial charge in [-0.1, -0.05) is 25.4 Å². The van der Waals surface area contributed by atoms with Crippen molar-refractivity contribution < 1.29 is 9.53 Å². The molecule has 0 saturated heterocycles. The van der Waals surface area contributed by atoms with Crippen molar-refractivity contribution in [2.75, 3.05) is 6.54 Å². The Morgan fingerprint density at radius 3 is 2.47 bits per heavy atom. The van der Waals surface area contributed by atoms with Gasteiger partial charge >= 0.3 is 6.03 Å². The fraction of sp³-hybridized carbons (Fsp3) is 0.500. The molecule has 19 heavy (non-hydrogen) atoms. The van der Waals surface area contributed by atoms with Crippen LogP contribution in [0.1, 0.15) is 27.2 Å². The van der Waals surface area contributed by atoms with Crippen LogP contribution in [0.2, 0.25) is 5.02 Å². The van der Waals surface area contributed by atoms with Crippen LogP contribution in [0.15, 0.2) is 24.3 Å². The first-order valence-corrected chi connectivity index (χ1v) is 6.81. The number of nitrogens with one attached hydrogen (secondary N) is 2. The van der Waals surface area contributed by atoms with Crippen molar-refractivity contribution in [1.29, 1.82) is 0 Å². The highest BCUT2D eigenvalue weighted by Crippen LogP contribution is 2.16. The van der Waals surface area contributed by atoms with Gasteiger partial charge < -0.3 is 15.4 Å². The molecule has 1 atom stereocenters. The van der Waals surface area contributed by atoms with E-state index in [4.69, 9.17) is 16.3 Å². The summed E-state index contributed by atoms with van der Waals surface area (Å²) in [5, 5.41) is 6.15. The van der Waals surface area contributed by atoms with Crippen molar-refractivity contribution in [2.24, 2.45) is 5.92 Å². The van der Waals surface area contributed by atoms with Gasteiger partial charge in [0.2, 0.25) is 0 Å². The molecule has 0 aliphatic heterocycles. The zero-order valence-electron chi connectivity index (χ0n) is 11.6. The van der Waals surface area contributed by atoms with Crippen molar-refractivity contribution in [3.8, 4) is 5.75 Å². The summed E-state index contributed by atoms with van der Waals surface area (Å²) in [7, 11) is 0. The lowest BCUT2D eigenvalue weighted by Crippen LogP contribution is -2.43. The van der Waals surface area contributed by atoms with E-state index in [0.717, 1.165) is 6.42 Å². The van der Waals surface area contributed by atoms with Gasteiger partial charge in [0, 0.05) is 11.6 Å². The Hall–Kier alpha value is -1.42. The number of carbonyl (C=O) groups excluding carboxylic acids is 1. The molecule has 0 bridgehead atoms. The number of amides is 2. The van der Waals surface area contributed by atoms with Gasteiger partial charge in [0.1, 0.15) is 5.75 Å². The zero-order valence-corrected chi connectivity index (χ0v) is 12.3. The number of hydrogen-bond acceptors (Lipinski definition) is 2. The van der Waals surface area contributed by atoms with Crippen LogP contribution in [0.3, 0.4) is 0 Å². The van der Waals surface area contributed by atoms with Gasteiger partial charge in [0.05, 0.1) is 0 Å². The molecule has 0 aliphatic carbocycles. The Labute approximate surface area is 119 Å². The largest absolute Gasteiger partial charge is 0.471 e. The van der Waals surface area contributed by atoms with Crippen LogP contribution >= 0.6 is 11.6 Å². The minimum absolute atomic E-state index is 0.220. The fourth-order valence-electron chi connectivity index (χ4n) is 1.46. The van der Waals surface area contributed by atoms with Gasteiger partial charge in [-0.05, 0) is 43.5 Å². The predicted molar refractivity (Wildman–Crippen MR) is 77.5 cm³/mol. The highest BCUT2D eigenvalue weighted by atomic mass is 35.5. The average Bonchev–Trinajstić information content (AvgIpc) is 2.31. The van der Waals surface area contributed by atoms with E-state index in [9.17, 15) is 4.79 Å². The third-order valence-electron chi connectivity index (χ3n) is 2.47. The molecule has 1 aromatic rings. The molecule has 1 aromatic carbocycles. The Bertz CT molecular complexity index is 393. The molecule has 0 fully saturated rings. The van der Waals surface area contributed by atoms with Crippen LogP contribution in [0.5, 0.6) is 5.75 Å². The molecule has 0 radical (unpaired) electrons. The Kier molecular flexibility index (Phi) is 6.50. The first kappa shape index (κ1) is 15.6. The summed E-state index contributed by atoms with van der Waals surface area (Å²) >= 11 is 5.78. The lowest BCUT2D eigenvalue weighted by molar-refractivity contribution is 0.177. The summed E-state index contributed by atoms with van der Waals surface area (Å²) in [6, 6.07) is 6.79. The fourth-order valence-corrected chi connectivity index (χ4v) is 1.58. The molecule has 1 rings (SSSR count). The second kappa shape index (κ2) is 7.89. The Morgan fingerprint density at radius 2 is 1.89 bits per heavy atom. The molecule has 2 amide bonds. The average molecular weight is 285 g/mol. The number of carbonyl (C=O) groups is 1. The maximum atomic E-state index is 11.6. The maximum Gasteiger partial charge on any atom is 0.317 e. The van der Waals surface area contributed by atoms with E-state index in [-0.39, 0.29) is 6.03 Å². The van der Waals surface area contributed by atoms with Crippen LogP contribution < -0.4 is 15.4 Å². The van der Waals surface area contributed by atoms with Crippen LogP contribution in [-0.4, -0.2) is 18.8 Å². The molecular formula is C14H21ClN2O2. The zero-order chi connectivity index (χ0) is 14.3. The minimum Gasteiger partial charge on any atom is -0.471 e. The molecule has 1 unspecified atom stereocenters. The molecule has 0 saturated carbocycles. The van der Waals surface area contributed by atoms with Crippen molar-refractivity contribution in [2.45, 2.75) is 33.4 Å². The number of rotatable bonds is 6. The number of halogens is 1. The van der Waals surface area contributed by atoms with Crippen LogP contribution in [0, 0.1) is 5.92 Å². The van der Waals surface area contributed by atoms with E-state index in [1.54, 1.807) is 31.2 Å². The van der Waals surface area contributed by atoms with Crippen molar-refractivity contribution >= 4 is 17.6 Å². The van der Waals surface area contributed by atoms with Crippen molar-refractivity contribution in [3.05, 3.63) is 29.3 Å². The van der Waals surface area contributed by atoms with Crippen LogP contribution in [0.25, 0.3) is 0 Å². The maximum absolute atomic E-state index is 11.6. The topological polar surface area (TPSA) is 50.4 Å². The van der Waals surface area contributed by atoms with E-state index in [1.807, 2.05) is 0 Å². The highest BCUT2D eigenvalue weighted by Gasteiger charge is 2.08. The van der Waals surface area contributed by atoms with E-state index >= 15 is 0 Å². The standard InChI is InChI=1S/C14H21ClN2O2/c1-10(2)8-9-16-14(18)17-11(3)19-13-6-4-12(15)5-7-13/h4-7,10-11H,8-9H2,1-3H3,(H2,16,17,18). The SMILES string of the molecule is CC(C)CCNC(=O)NC(C)Oc1ccc(Cl)cc1. The first-order chi connectivity index (χ1) is 8.97. The molecular weight excluding hydrogens is 264 g/mol. The lowest BCUT2D eigenvalue weighted by atomic mass is 10.1. The number of ether oxygens (including phenoxy) is 1. The predicted octanol–water partition coefficient (Wildman–Crippen LogP) is 3.41. The molecule has 106 valence electrons. The molecule has 0 aliphatic rings. The highest BCUT2D eigenvalue weighted by molar-refractivity contribution is 6.30. The van der Waals surface area contributed by atoms with Gasteiger partial charge in [-0.25, -0.2) is 4.79 Å². The van der Waals surface area contributed by atoms with Gasteiger partial charge in [-0.3, -0.25) is 0 Å². The van der Waals surface area contributed by atoms with Crippen molar-refractivity contribution in [3.63, 3.8) is 0 Å². The number of hydrogen-bond donors (Lipinski definition) is 2. The molecule has 0 aromatic heterocycles. The third-order valence-corrected chi connectivity index (χ3v) is 2.72. The Balaban J connectivity index is 2.28. The van der Waals surface area contributed by atoms with E-state index in [1.165, 1.54) is 0 Å². The van der Waals surface area contributed by atoms with Crippen molar-refractivity contribution in [1.82, 2.24) is 10.6 Å². The molecule has 2 N–H and O–H groups in total. The summed E-state index contributed by atoms with van der Waals surface area (Å²) in [5.41, 5.74) is 0. The van der Waals surface area contributed by atoms with Crippen LogP contribution in [-0.2, 0) is 0 Å². The summed E-state index contributed by atoms with van der Waals surface area (Å²) in [4.78, 5) is 11.6. The number of benzene rings is 1. The summed E-state index contributed by atoms with van der Waals surface area (Å²) < 4.78 is 5.54. The second-order valence-corrected chi connectivity index (χ2v) is 5.23. The van der Waals surface area contributed by atoms with Gasteiger partial charge in [0.25, 0.3) is 0 Å². The normalized spacial score (nSPS) is 12.1. The van der Waals surface area contributed by atoms with E-state index in [2.05, 4.69) is 24.5 Å². The molecule has 5 heteroatoms. The minimum atomic E-state index is -0.403. The lowest BCUT2D eigenvalue weighted by Gasteiger charge is -2.17. The van der Waals surface area contributed by atoms with Gasteiger partial charge in [-0.15, -0.1) is 0 Å². The second-order valence-electron chi connectivity index (χ2n) is 4.80.